The normalized spacial score (nSPS) is 12.7. The predicted molar refractivity (Wildman–Crippen MR) is 30.6 cm³/mol. The first-order valence-corrected chi connectivity index (χ1v) is 11.2. The summed E-state index contributed by atoms with van der Waals surface area (Å²) >= 11 is -3.00. The van der Waals surface area contributed by atoms with Crippen LogP contribution in [0.1, 0.15) is 0 Å². The summed E-state index contributed by atoms with van der Waals surface area (Å²) in [5.41, 5.74) is 0. The Morgan fingerprint density at radius 2 is 0.833 bits per heavy atom. The van der Waals surface area contributed by atoms with Crippen LogP contribution in [0.2, 0.25) is 0 Å². The molecule has 0 aromatic heterocycles. The van der Waals surface area contributed by atoms with Crippen LogP contribution in [-0.4, -0.2) is 29.6 Å². The topological polar surface area (TPSA) is 0 Å². The fraction of sp³-hybridized carbons (Fsp3) is 0. The Morgan fingerprint density at radius 1 is 0.833 bits per heavy atom. The first-order chi connectivity index (χ1) is 2.00. The average Bonchev–Trinajstić information content (AvgIpc) is 0.722. The van der Waals surface area contributed by atoms with Gasteiger partial charge in [-0.05, 0) is 0 Å². The van der Waals surface area contributed by atoms with E-state index in [1.54, 1.807) is 0 Å². The van der Waals surface area contributed by atoms with Crippen LogP contribution in [0, 0.1) is 0 Å². The van der Waals surface area contributed by atoms with Crippen molar-refractivity contribution in [2.75, 3.05) is 0 Å². The van der Waals surface area contributed by atoms with Crippen molar-refractivity contribution in [1.29, 1.82) is 0 Å². The van der Waals surface area contributed by atoms with Crippen molar-refractivity contribution in [2.45, 2.75) is 0 Å². The van der Waals surface area contributed by atoms with Crippen LogP contribution in [0.25, 0.3) is 0 Å². The van der Waals surface area contributed by atoms with E-state index in [0.29, 0.717) is 0 Å². The molecule has 6 heteroatoms. The molecular formula is HAuCl4Na. The molecule has 6 heavy (non-hydrogen) atoms. The second-order valence-corrected chi connectivity index (χ2v) is 19.0. The van der Waals surface area contributed by atoms with E-state index in [0.717, 1.165) is 0 Å². The Bertz CT molecular complexity index is 23.0. The van der Waals surface area contributed by atoms with Crippen molar-refractivity contribution in [3.8, 4) is 0 Å². The van der Waals surface area contributed by atoms with Gasteiger partial charge in [-0.15, -0.1) is 0 Å². The van der Waals surface area contributed by atoms with Crippen LogP contribution in [0.15, 0.2) is 0 Å². The van der Waals surface area contributed by atoms with Gasteiger partial charge in [-0.25, -0.2) is 0 Å². The standard InChI is InChI=1S/Au.4ClH.Na.H/h;4*1H;;/q+4;;;;;;/p-4. The quantitative estimate of drug-likeness (QED) is 0.579. The molecule has 0 aromatic carbocycles. The van der Waals surface area contributed by atoms with E-state index in [9.17, 15) is 0 Å². The number of rotatable bonds is 0. The molecule has 41 valence electrons. The number of halogens is 4. The van der Waals surface area contributed by atoms with Crippen molar-refractivity contribution in [3.63, 3.8) is 0 Å². The maximum absolute atomic E-state index is 5.00. The monoisotopic (exact) mass is 361 g/mol. The summed E-state index contributed by atoms with van der Waals surface area (Å²) < 4.78 is 0. The van der Waals surface area contributed by atoms with E-state index >= 15 is 0 Å². The summed E-state index contributed by atoms with van der Waals surface area (Å²) in [4.78, 5) is 0. The molecule has 0 aliphatic rings. The van der Waals surface area contributed by atoms with Gasteiger partial charge < -0.3 is 0 Å². The van der Waals surface area contributed by atoms with E-state index in [1.165, 1.54) is 0 Å². The first-order valence-electron chi connectivity index (χ1n) is 0.456. The Balaban J connectivity index is 0. The van der Waals surface area contributed by atoms with Crippen molar-refractivity contribution < 1.29 is 12.8 Å². The van der Waals surface area contributed by atoms with Crippen LogP contribution >= 0.6 is 36.8 Å². The second kappa shape index (κ2) is 4.75. The molecule has 0 saturated carbocycles. The molecule has 0 rings (SSSR count). The van der Waals surface area contributed by atoms with Crippen molar-refractivity contribution >= 4 is 66.3 Å². The zero-order valence-corrected chi connectivity index (χ0v) is 7.00. The molecule has 0 aromatic rings. The minimum atomic E-state index is -3.00. The molecule has 0 unspecified atom stereocenters. The second-order valence-electron chi connectivity index (χ2n) is 0.258. The molecule has 0 aliphatic carbocycles. The fourth-order valence-electron chi connectivity index (χ4n) is 0. The first kappa shape index (κ1) is 11.7. The molecule has 0 atom stereocenters. The van der Waals surface area contributed by atoms with Gasteiger partial charge in [-0.1, -0.05) is 0 Å². The van der Waals surface area contributed by atoms with Crippen LogP contribution in [-0.2, 0) is 12.8 Å². The number of hydrogen-bond donors (Lipinski definition) is 0. The van der Waals surface area contributed by atoms with Gasteiger partial charge in [0.25, 0.3) is 0 Å². The molecule has 0 bridgehead atoms. The molecular weight excluding hydrogens is 362 g/mol. The predicted octanol–water partition coefficient (Wildman–Crippen LogP) is 2.11. The Kier molecular flexibility index (Phi) is 9.23. The molecule has 0 radical (unpaired) electrons. The molecule has 0 saturated heterocycles. The molecule has 0 fully saturated rings. The van der Waals surface area contributed by atoms with Gasteiger partial charge in [0.1, 0.15) is 0 Å². The van der Waals surface area contributed by atoms with Crippen LogP contribution in [0.3, 0.4) is 0 Å². The number of hydrogen-bond acceptors (Lipinski definition) is 0. The van der Waals surface area contributed by atoms with Gasteiger partial charge in [0.05, 0.1) is 0 Å². The third-order valence-corrected chi connectivity index (χ3v) is 0. The van der Waals surface area contributed by atoms with E-state index in [4.69, 9.17) is 36.8 Å². The molecule has 0 amide bonds. The van der Waals surface area contributed by atoms with Gasteiger partial charge in [-0.2, -0.15) is 0 Å². The van der Waals surface area contributed by atoms with Crippen LogP contribution in [0.5, 0.6) is 0 Å². The zero-order chi connectivity index (χ0) is 4.50. The van der Waals surface area contributed by atoms with E-state index in [2.05, 4.69) is 0 Å². The van der Waals surface area contributed by atoms with Crippen molar-refractivity contribution in [3.05, 3.63) is 0 Å². The fourth-order valence-corrected chi connectivity index (χ4v) is 0. The van der Waals surface area contributed by atoms with Gasteiger partial charge in [0.15, 0.2) is 0 Å². The Labute approximate surface area is 77.6 Å². The Hall–Kier alpha value is 2.90. The minimum absolute atomic E-state index is 0. The summed E-state index contributed by atoms with van der Waals surface area (Å²) in [5.74, 6) is 0. The summed E-state index contributed by atoms with van der Waals surface area (Å²) in [6.45, 7) is 0. The molecule has 0 N–H and O–H groups in total. The average molecular weight is 363 g/mol. The van der Waals surface area contributed by atoms with Crippen LogP contribution < -0.4 is 0 Å². The van der Waals surface area contributed by atoms with E-state index in [1.807, 2.05) is 0 Å². The maximum atomic E-state index is 5.00. The third-order valence-electron chi connectivity index (χ3n) is 0. The van der Waals surface area contributed by atoms with Gasteiger partial charge in [-0.3, -0.25) is 0 Å². The summed E-state index contributed by atoms with van der Waals surface area (Å²) in [6, 6.07) is 0. The summed E-state index contributed by atoms with van der Waals surface area (Å²) in [5, 5.41) is 0. The summed E-state index contributed by atoms with van der Waals surface area (Å²) in [7, 11) is 20.0. The molecule has 0 aliphatic heterocycles. The molecule has 0 spiro atoms. The SMILES string of the molecule is [Cl][Au]([Cl])([Cl])[Cl].[NaH]. The van der Waals surface area contributed by atoms with Crippen LogP contribution in [0.4, 0.5) is 0 Å². The Morgan fingerprint density at radius 3 is 0.833 bits per heavy atom. The summed E-state index contributed by atoms with van der Waals surface area (Å²) in [6.07, 6.45) is 0. The molecule has 0 nitrogen and oxygen atoms in total. The van der Waals surface area contributed by atoms with E-state index in [-0.39, 0.29) is 29.6 Å². The third kappa shape index (κ3) is 28.6. The van der Waals surface area contributed by atoms with E-state index < -0.39 is 12.8 Å². The van der Waals surface area contributed by atoms with Gasteiger partial charge >= 0.3 is 79.1 Å². The van der Waals surface area contributed by atoms with Gasteiger partial charge in [0, 0.05) is 0 Å². The van der Waals surface area contributed by atoms with Crippen molar-refractivity contribution in [2.24, 2.45) is 0 Å². The molecule has 0 heterocycles. The zero-order valence-electron chi connectivity index (χ0n) is 1.81. The van der Waals surface area contributed by atoms with Gasteiger partial charge in [0.2, 0.25) is 0 Å². The van der Waals surface area contributed by atoms with Crippen molar-refractivity contribution in [1.82, 2.24) is 0 Å².